The number of carbonyl (C=O) groups is 1. The highest BCUT2D eigenvalue weighted by Crippen LogP contribution is 2.25. The van der Waals surface area contributed by atoms with Gasteiger partial charge >= 0.3 is 5.97 Å². The summed E-state index contributed by atoms with van der Waals surface area (Å²) < 4.78 is 0. The van der Waals surface area contributed by atoms with Gasteiger partial charge in [-0.2, -0.15) is 0 Å². The Bertz CT molecular complexity index is 941. The second-order valence-corrected chi connectivity index (χ2v) is 6.50. The molecule has 1 unspecified atom stereocenters. The van der Waals surface area contributed by atoms with Crippen LogP contribution in [0.5, 0.6) is 0 Å². The number of fused-ring (bicyclic) bond motifs is 1. The molecule has 2 aromatic carbocycles. The van der Waals surface area contributed by atoms with E-state index < -0.39 is 5.97 Å². The number of aryl methyl sites for hydroxylation is 1. The molecule has 1 atom stereocenters. The highest BCUT2D eigenvalue weighted by atomic mass is 16.4. The minimum Gasteiger partial charge on any atom is -0.478 e. The molecule has 26 heavy (non-hydrogen) atoms. The lowest BCUT2D eigenvalue weighted by Crippen LogP contribution is -2.28. The number of aromatic nitrogens is 2. The molecule has 0 aliphatic heterocycles. The van der Waals surface area contributed by atoms with Crippen LogP contribution in [0.4, 0.5) is 5.95 Å². The van der Waals surface area contributed by atoms with Crippen molar-refractivity contribution in [2.45, 2.75) is 25.3 Å². The number of hydrogen-bond donors (Lipinski definition) is 2. The molecule has 0 saturated heterocycles. The molecule has 1 heterocycles. The summed E-state index contributed by atoms with van der Waals surface area (Å²) in [6.07, 6.45) is 4.43. The fraction of sp³-hybridized carbons (Fsp3) is 0.190. The largest absolute Gasteiger partial charge is 0.478 e. The van der Waals surface area contributed by atoms with Crippen molar-refractivity contribution in [3.8, 4) is 11.3 Å². The van der Waals surface area contributed by atoms with Gasteiger partial charge in [-0.1, -0.05) is 36.4 Å². The van der Waals surface area contributed by atoms with E-state index in [9.17, 15) is 9.90 Å². The maximum absolute atomic E-state index is 11.2. The van der Waals surface area contributed by atoms with Crippen LogP contribution in [0.1, 0.15) is 27.9 Å². The van der Waals surface area contributed by atoms with Crippen LogP contribution < -0.4 is 5.32 Å². The van der Waals surface area contributed by atoms with Crippen LogP contribution in [0.3, 0.4) is 0 Å². The molecule has 130 valence electrons. The average Bonchev–Trinajstić information content (AvgIpc) is 2.68. The Morgan fingerprint density at radius 2 is 1.92 bits per heavy atom. The normalized spacial score (nSPS) is 15.9. The zero-order valence-corrected chi connectivity index (χ0v) is 14.2. The van der Waals surface area contributed by atoms with E-state index in [-0.39, 0.29) is 6.04 Å². The first kappa shape index (κ1) is 16.3. The SMILES string of the molecule is O=C(O)c1ccc2c(c1)CC(Nc1nccc(-c3ccccc3)n1)CC2. The second kappa shape index (κ2) is 6.96. The van der Waals surface area contributed by atoms with Gasteiger partial charge < -0.3 is 10.4 Å². The molecule has 0 saturated carbocycles. The molecule has 3 aromatic rings. The van der Waals surface area contributed by atoms with Gasteiger partial charge in [-0.25, -0.2) is 14.8 Å². The van der Waals surface area contributed by atoms with Crippen LogP contribution >= 0.6 is 0 Å². The van der Waals surface area contributed by atoms with Gasteiger partial charge in [0.25, 0.3) is 0 Å². The average molecular weight is 345 g/mol. The summed E-state index contributed by atoms with van der Waals surface area (Å²) in [7, 11) is 0. The number of anilines is 1. The molecule has 0 bridgehead atoms. The quantitative estimate of drug-likeness (QED) is 0.752. The second-order valence-electron chi connectivity index (χ2n) is 6.50. The summed E-state index contributed by atoms with van der Waals surface area (Å²) in [5, 5.41) is 12.6. The van der Waals surface area contributed by atoms with Crippen molar-refractivity contribution >= 4 is 11.9 Å². The molecule has 0 spiro atoms. The molecule has 0 amide bonds. The number of aromatic carboxylic acids is 1. The van der Waals surface area contributed by atoms with Gasteiger partial charge in [0.05, 0.1) is 11.3 Å². The van der Waals surface area contributed by atoms with Crippen molar-refractivity contribution in [2.24, 2.45) is 0 Å². The summed E-state index contributed by atoms with van der Waals surface area (Å²) in [6, 6.07) is 17.5. The first-order valence-corrected chi connectivity index (χ1v) is 8.69. The van der Waals surface area contributed by atoms with E-state index in [4.69, 9.17) is 0 Å². The third-order valence-corrected chi connectivity index (χ3v) is 4.74. The summed E-state index contributed by atoms with van der Waals surface area (Å²) >= 11 is 0. The van der Waals surface area contributed by atoms with Gasteiger partial charge in [0.1, 0.15) is 0 Å². The summed E-state index contributed by atoms with van der Waals surface area (Å²) in [5.41, 5.74) is 4.59. The minimum atomic E-state index is -0.887. The molecule has 1 aliphatic rings. The van der Waals surface area contributed by atoms with E-state index >= 15 is 0 Å². The molecule has 5 nitrogen and oxygen atoms in total. The van der Waals surface area contributed by atoms with Crippen molar-refractivity contribution in [2.75, 3.05) is 5.32 Å². The number of benzene rings is 2. The van der Waals surface area contributed by atoms with Crippen molar-refractivity contribution in [3.63, 3.8) is 0 Å². The lowest BCUT2D eigenvalue weighted by molar-refractivity contribution is 0.0696. The molecular weight excluding hydrogens is 326 g/mol. The number of nitrogens with zero attached hydrogens (tertiary/aromatic N) is 2. The summed E-state index contributed by atoms with van der Waals surface area (Å²) in [5.74, 6) is -0.282. The Morgan fingerprint density at radius 1 is 1.08 bits per heavy atom. The van der Waals surface area contributed by atoms with E-state index in [1.807, 2.05) is 42.5 Å². The van der Waals surface area contributed by atoms with E-state index in [2.05, 4.69) is 15.3 Å². The smallest absolute Gasteiger partial charge is 0.335 e. The van der Waals surface area contributed by atoms with Crippen molar-refractivity contribution in [1.82, 2.24) is 9.97 Å². The number of carboxylic acids is 1. The van der Waals surface area contributed by atoms with Crippen molar-refractivity contribution < 1.29 is 9.90 Å². The van der Waals surface area contributed by atoms with Gasteiger partial charge in [-0.3, -0.25) is 0 Å². The Kier molecular flexibility index (Phi) is 4.35. The molecule has 0 fully saturated rings. The van der Waals surface area contributed by atoms with Gasteiger partial charge in [-0.15, -0.1) is 0 Å². The molecule has 5 heteroatoms. The lowest BCUT2D eigenvalue weighted by atomic mass is 9.87. The molecule has 1 aliphatic carbocycles. The highest BCUT2D eigenvalue weighted by Gasteiger charge is 2.20. The summed E-state index contributed by atoms with van der Waals surface area (Å²) in [6.45, 7) is 0. The van der Waals surface area contributed by atoms with E-state index in [1.54, 1.807) is 18.3 Å². The van der Waals surface area contributed by atoms with E-state index in [1.165, 1.54) is 5.56 Å². The number of rotatable bonds is 4. The molecule has 1 aromatic heterocycles. The first-order chi connectivity index (χ1) is 12.7. The zero-order chi connectivity index (χ0) is 17.9. The van der Waals surface area contributed by atoms with Crippen LogP contribution in [0.15, 0.2) is 60.8 Å². The van der Waals surface area contributed by atoms with Crippen LogP contribution in [0.25, 0.3) is 11.3 Å². The fourth-order valence-corrected chi connectivity index (χ4v) is 3.39. The fourth-order valence-electron chi connectivity index (χ4n) is 3.39. The van der Waals surface area contributed by atoms with Gasteiger partial charge in [0.2, 0.25) is 5.95 Å². The monoisotopic (exact) mass is 345 g/mol. The van der Waals surface area contributed by atoms with Crippen LogP contribution in [-0.2, 0) is 12.8 Å². The lowest BCUT2D eigenvalue weighted by Gasteiger charge is -2.26. The van der Waals surface area contributed by atoms with E-state index in [0.717, 1.165) is 36.1 Å². The predicted molar refractivity (Wildman–Crippen MR) is 100 cm³/mol. The third kappa shape index (κ3) is 3.42. The Balaban J connectivity index is 1.52. The zero-order valence-electron chi connectivity index (χ0n) is 14.2. The first-order valence-electron chi connectivity index (χ1n) is 8.69. The van der Waals surface area contributed by atoms with Crippen LogP contribution in [-0.4, -0.2) is 27.1 Å². The molecule has 2 N–H and O–H groups in total. The van der Waals surface area contributed by atoms with Crippen LogP contribution in [0.2, 0.25) is 0 Å². The van der Waals surface area contributed by atoms with Crippen LogP contribution in [0, 0.1) is 0 Å². The topological polar surface area (TPSA) is 75.1 Å². The molecule has 0 radical (unpaired) electrons. The Hall–Kier alpha value is -3.21. The van der Waals surface area contributed by atoms with Gasteiger partial charge in [0, 0.05) is 17.8 Å². The highest BCUT2D eigenvalue weighted by molar-refractivity contribution is 5.88. The van der Waals surface area contributed by atoms with Gasteiger partial charge in [0.15, 0.2) is 0 Å². The van der Waals surface area contributed by atoms with Crippen molar-refractivity contribution in [1.29, 1.82) is 0 Å². The number of hydrogen-bond acceptors (Lipinski definition) is 4. The maximum atomic E-state index is 11.2. The Morgan fingerprint density at radius 3 is 2.73 bits per heavy atom. The molecular formula is C21H19N3O2. The molecule has 4 rings (SSSR count). The third-order valence-electron chi connectivity index (χ3n) is 4.74. The standard InChI is InChI=1S/C21H19N3O2/c25-20(26)16-7-6-14-8-9-18(13-17(14)12-16)23-21-22-11-10-19(24-21)15-4-2-1-3-5-15/h1-7,10-12,18H,8-9,13H2,(H,25,26)(H,22,23,24). The Labute approximate surface area is 151 Å². The minimum absolute atomic E-state index is 0.192. The maximum Gasteiger partial charge on any atom is 0.335 e. The van der Waals surface area contributed by atoms with Crippen molar-refractivity contribution in [3.05, 3.63) is 77.5 Å². The summed E-state index contributed by atoms with van der Waals surface area (Å²) in [4.78, 5) is 20.2. The van der Waals surface area contributed by atoms with Gasteiger partial charge in [-0.05, 0) is 48.6 Å². The van der Waals surface area contributed by atoms with E-state index in [0.29, 0.717) is 11.5 Å². The number of carboxylic acid groups (broad SMARTS) is 1. The predicted octanol–water partition coefficient (Wildman–Crippen LogP) is 3.81. The number of nitrogens with one attached hydrogen (secondary N) is 1.